The summed E-state index contributed by atoms with van der Waals surface area (Å²) in [7, 11) is 0. The molecule has 2 rings (SSSR count). The maximum atomic E-state index is 11.8. The second kappa shape index (κ2) is 6.57. The number of anilines is 1. The fourth-order valence-electron chi connectivity index (χ4n) is 1.74. The van der Waals surface area contributed by atoms with Gasteiger partial charge in [-0.25, -0.2) is 4.79 Å². The van der Waals surface area contributed by atoms with Crippen LogP contribution < -0.4 is 15.7 Å². The molecule has 0 fully saturated rings. The topological polar surface area (TPSA) is 97.6 Å². The van der Waals surface area contributed by atoms with Crippen molar-refractivity contribution in [2.45, 2.75) is 6.92 Å². The second-order valence-electron chi connectivity index (χ2n) is 4.58. The van der Waals surface area contributed by atoms with Crippen molar-refractivity contribution in [3.8, 4) is 0 Å². The van der Waals surface area contributed by atoms with E-state index in [2.05, 4.69) is 5.32 Å². The summed E-state index contributed by atoms with van der Waals surface area (Å²) in [5.41, 5.74) is 0.927. The third kappa shape index (κ3) is 3.95. The molecular weight excluding hydrogens is 288 g/mol. The summed E-state index contributed by atoms with van der Waals surface area (Å²) in [5.74, 6) is -1.65. The highest BCUT2D eigenvalue weighted by molar-refractivity contribution is 5.91. The predicted octanol–water partition coefficient (Wildman–Crippen LogP) is 0.922. The maximum Gasteiger partial charge on any atom is 0.337 e. The average Bonchev–Trinajstić information content (AvgIpc) is 2.46. The molecule has 0 aliphatic rings. The highest BCUT2D eigenvalue weighted by Crippen LogP contribution is 2.08. The van der Waals surface area contributed by atoms with Gasteiger partial charge >= 0.3 is 5.97 Å². The first-order valence-corrected chi connectivity index (χ1v) is 6.41. The SMILES string of the molecule is Cc1cccc(NC(=O)COn2cc(C(=O)O)ccc2=O)c1. The zero-order valence-corrected chi connectivity index (χ0v) is 11.8. The van der Waals surface area contributed by atoms with Crippen LogP contribution in [0.25, 0.3) is 0 Å². The van der Waals surface area contributed by atoms with Gasteiger partial charge in [0.25, 0.3) is 11.5 Å². The molecule has 7 heteroatoms. The van der Waals surface area contributed by atoms with Crippen LogP contribution in [0.1, 0.15) is 15.9 Å². The van der Waals surface area contributed by atoms with E-state index in [-0.39, 0.29) is 5.56 Å². The predicted molar refractivity (Wildman–Crippen MR) is 78.9 cm³/mol. The summed E-state index contributed by atoms with van der Waals surface area (Å²) in [5, 5.41) is 11.5. The minimum absolute atomic E-state index is 0.112. The number of aryl methyl sites for hydroxylation is 1. The lowest BCUT2D eigenvalue weighted by molar-refractivity contribution is -0.120. The minimum atomic E-state index is -1.19. The molecule has 7 nitrogen and oxygen atoms in total. The smallest absolute Gasteiger partial charge is 0.337 e. The monoisotopic (exact) mass is 302 g/mol. The number of rotatable bonds is 5. The first-order chi connectivity index (χ1) is 10.5. The van der Waals surface area contributed by atoms with Crippen molar-refractivity contribution in [1.82, 2.24) is 4.73 Å². The molecule has 0 spiro atoms. The normalized spacial score (nSPS) is 10.0. The van der Waals surface area contributed by atoms with Crippen LogP contribution >= 0.6 is 0 Å². The van der Waals surface area contributed by atoms with Gasteiger partial charge in [-0.05, 0) is 30.7 Å². The van der Waals surface area contributed by atoms with Crippen molar-refractivity contribution in [3.63, 3.8) is 0 Å². The number of nitrogens with one attached hydrogen (secondary N) is 1. The number of aromatic carboxylic acids is 1. The first-order valence-electron chi connectivity index (χ1n) is 6.41. The number of carboxylic acid groups (broad SMARTS) is 1. The summed E-state index contributed by atoms with van der Waals surface area (Å²) >= 11 is 0. The van der Waals surface area contributed by atoms with Crippen LogP contribution in [-0.4, -0.2) is 28.3 Å². The Bertz CT molecular complexity index is 767. The Morgan fingerprint density at radius 3 is 2.73 bits per heavy atom. The number of pyridine rings is 1. The Morgan fingerprint density at radius 1 is 1.27 bits per heavy atom. The molecule has 2 N–H and O–H groups in total. The van der Waals surface area contributed by atoms with Gasteiger partial charge in [-0.3, -0.25) is 9.59 Å². The Morgan fingerprint density at radius 2 is 2.05 bits per heavy atom. The largest absolute Gasteiger partial charge is 0.478 e. The molecule has 0 bridgehead atoms. The Kier molecular flexibility index (Phi) is 4.57. The van der Waals surface area contributed by atoms with Crippen molar-refractivity contribution in [2.75, 3.05) is 11.9 Å². The highest BCUT2D eigenvalue weighted by Gasteiger charge is 2.08. The van der Waals surface area contributed by atoms with Gasteiger partial charge < -0.3 is 15.3 Å². The molecule has 0 aliphatic heterocycles. The molecule has 0 saturated heterocycles. The number of hydrogen-bond acceptors (Lipinski definition) is 4. The summed E-state index contributed by atoms with van der Waals surface area (Å²) < 4.78 is 0.722. The van der Waals surface area contributed by atoms with E-state index in [1.807, 2.05) is 13.0 Å². The van der Waals surface area contributed by atoms with E-state index in [0.29, 0.717) is 5.69 Å². The number of aromatic nitrogens is 1. The molecule has 22 heavy (non-hydrogen) atoms. The molecule has 0 atom stereocenters. The fraction of sp³-hybridized carbons (Fsp3) is 0.133. The number of amides is 1. The van der Waals surface area contributed by atoms with Crippen molar-refractivity contribution in [2.24, 2.45) is 0 Å². The van der Waals surface area contributed by atoms with Crippen LogP contribution in [0.2, 0.25) is 0 Å². The van der Waals surface area contributed by atoms with Crippen LogP contribution in [0.5, 0.6) is 0 Å². The quantitative estimate of drug-likeness (QED) is 0.856. The molecular formula is C15H14N2O5. The summed E-state index contributed by atoms with van der Waals surface area (Å²) in [6, 6.07) is 9.42. The van der Waals surface area contributed by atoms with Gasteiger partial charge in [-0.1, -0.05) is 12.1 Å². The summed E-state index contributed by atoms with van der Waals surface area (Å²) in [6.07, 6.45) is 1.02. The maximum absolute atomic E-state index is 11.8. The van der Waals surface area contributed by atoms with Crippen molar-refractivity contribution >= 4 is 17.6 Å². The molecule has 1 heterocycles. The fourth-order valence-corrected chi connectivity index (χ4v) is 1.74. The lowest BCUT2D eigenvalue weighted by atomic mass is 10.2. The molecule has 0 radical (unpaired) electrons. The number of nitrogens with zero attached hydrogens (tertiary/aromatic N) is 1. The molecule has 0 unspecified atom stereocenters. The Labute approximate surface area is 125 Å². The molecule has 2 aromatic rings. The van der Waals surface area contributed by atoms with E-state index < -0.39 is 24.0 Å². The van der Waals surface area contributed by atoms with Crippen LogP contribution in [0.4, 0.5) is 5.69 Å². The van der Waals surface area contributed by atoms with Crippen LogP contribution in [0.15, 0.2) is 47.4 Å². The van der Waals surface area contributed by atoms with Crippen molar-refractivity contribution in [3.05, 3.63) is 64.1 Å². The number of hydrogen-bond donors (Lipinski definition) is 2. The van der Waals surface area contributed by atoms with Crippen LogP contribution in [0.3, 0.4) is 0 Å². The third-order valence-corrected chi connectivity index (χ3v) is 2.76. The van der Waals surface area contributed by atoms with Gasteiger partial charge in [0.15, 0.2) is 6.61 Å². The first kappa shape index (κ1) is 15.3. The van der Waals surface area contributed by atoms with E-state index in [0.717, 1.165) is 28.6 Å². The molecule has 1 amide bonds. The summed E-state index contributed by atoms with van der Waals surface area (Å²) in [4.78, 5) is 39.1. The van der Waals surface area contributed by atoms with E-state index in [9.17, 15) is 14.4 Å². The average molecular weight is 302 g/mol. The van der Waals surface area contributed by atoms with Crippen molar-refractivity contribution in [1.29, 1.82) is 0 Å². The van der Waals surface area contributed by atoms with E-state index in [1.165, 1.54) is 0 Å². The molecule has 0 aliphatic carbocycles. The van der Waals surface area contributed by atoms with Crippen LogP contribution in [-0.2, 0) is 4.79 Å². The minimum Gasteiger partial charge on any atom is -0.478 e. The van der Waals surface area contributed by atoms with E-state index >= 15 is 0 Å². The zero-order chi connectivity index (χ0) is 16.1. The number of carboxylic acids is 1. The third-order valence-electron chi connectivity index (χ3n) is 2.76. The van der Waals surface area contributed by atoms with E-state index in [4.69, 9.17) is 9.94 Å². The number of carbonyl (C=O) groups is 2. The molecule has 1 aromatic heterocycles. The lowest BCUT2D eigenvalue weighted by Crippen LogP contribution is -2.32. The number of benzene rings is 1. The van der Waals surface area contributed by atoms with Gasteiger partial charge in [-0.2, -0.15) is 4.73 Å². The molecule has 1 aromatic carbocycles. The molecule has 114 valence electrons. The van der Waals surface area contributed by atoms with Gasteiger partial charge in [-0.15, -0.1) is 0 Å². The van der Waals surface area contributed by atoms with E-state index in [1.54, 1.807) is 18.2 Å². The lowest BCUT2D eigenvalue weighted by Gasteiger charge is -2.09. The number of carbonyl (C=O) groups excluding carboxylic acids is 1. The standard InChI is InChI=1S/C15H14N2O5/c1-10-3-2-4-12(7-10)16-13(18)9-22-17-8-11(15(20)21)5-6-14(17)19/h2-8H,9H2,1H3,(H,16,18)(H,20,21). The van der Waals surface area contributed by atoms with Gasteiger partial charge in [0.2, 0.25) is 0 Å². The van der Waals surface area contributed by atoms with Gasteiger partial charge in [0, 0.05) is 11.8 Å². The Balaban J connectivity index is 2.01. The van der Waals surface area contributed by atoms with Gasteiger partial charge in [0.05, 0.1) is 11.8 Å². The van der Waals surface area contributed by atoms with Gasteiger partial charge in [0.1, 0.15) is 0 Å². The molecule has 0 saturated carbocycles. The highest BCUT2D eigenvalue weighted by atomic mass is 16.7. The zero-order valence-electron chi connectivity index (χ0n) is 11.8. The Hall–Kier alpha value is -3.09. The van der Waals surface area contributed by atoms with Crippen molar-refractivity contribution < 1.29 is 19.5 Å². The second-order valence-corrected chi connectivity index (χ2v) is 4.58. The van der Waals surface area contributed by atoms with Crippen LogP contribution in [0, 0.1) is 6.92 Å². The summed E-state index contributed by atoms with van der Waals surface area (Å²) in [6.45, 7) is 1.47.